The van der Waals surface area contributed by atoms with E-state index in [0.717, 1.165) is 13.0 Å². The first-order chi connectivity index (χ1) is 9.15. The van der Waals surface area contributed by atoms with Crippen molar-refractivity contribution in [3.05, 3.63) is 24.0 Å². The predicted octanol–water partition coefficient (Wildman–Crippen LogP) is 2.34. The minimum absolute atomic E-state index is 0.161. The molecule has 5 heteroatoms. The second-order valence-corrected chi connectivity index (χ2v) is 4.90. The zero-order valence-corrected chi connectivity index (χ0v) is 11.1. The number of carbonyl (C=O) groups is 1. The predicted molar refractivity (Wildman–Crippen MR) is 74.8 cm³/mol. The normalized spacial score (nSPS) is 18.9. The Kier molecular flexibility index (Phi) is 4.74. The van der Waals surface area contributed by atoms with Gasteiger partial charge in [-0.25, -0.2) is 4.39 Å². The summed E-state index contributed by atoms with van der Waals surface area (Å²) in [5, 5.41) is 9.16. The van der Waals surface area contributed by atoms with Crippen molar-refractivity contribution in [3.63, 3.8) is 0 Å². The lowest BCUT2D eigenvalue weighted by atomic mass is 10.1. The van der Waals surface area contributed by atoms with Gasteiger partial charge in [-0.2, -0.15) is 0 Å². The van der Waals surface area contributed by atoms with Gasteiger partial charge in [0.25, 0.3) is 0 Å². The second kappa shape index (κ2) is 6.52. The van der Waals surface area contributed by atoms with Gasteiger partial charge in [-0.05, 0) is 37.6 Å². The number of rotatable bonds is 4. The van der Waals surface area contributed by atoms with Gasteiger partial charge in [-0.1, -0.05) is 6.42 Å². The SMILES string of the molecule is CC(=O)Nc1ccc(F)c(NCC2CCCCN2)c1. The molecule has 1 aromatic rings. The monoisotopic (exact) mass is 265 g/mol. The highest BCUT2D eigenvalue weighted by Crippen LogP contribution is 2.20. The van der Waals surface area contributed by atoms with Crippen molar-refractivity contribution in [1.82, 2.24) is 5.32 Å². The van der Waals surface area contributed by atoms with Crippen molar-refractivity contribution < 1.29 is 9.18 Å². The fourth-order valence-electron chi connectivity index (χ4n) is 2.27. The van der Waals surface area contributed by atoms with Crippen LogP contribution in [0.1, 0.15) is 26.2 Å². The Labute approximate surface area is 112 Å². The minimum Gasteiger partial charge on any atom is -0.381 e. The van der Waals surface area contributed by atoms with Crippen molar-refractivity contribution in [2.75, 3.05) is 23.7 Å². The maximum Gasteiger partial charge on any atom is 0.221 e. The Balaban J connectivity index is 1.95. The molecular weight excluding hydrogens is 245 g/mol. The molecule has 1 fully saturated rings. The van der Waals surface area contributed by atoms with E-state index < -0.39 is 0 Å². The first kappa shape index (κ1) is 13.8. The standard InChI is InChI=1S/C14H20FN3O/c1-10(19)18-11-5-6-13(15)14(8-11)17-9-12-4-2-3-7-16-12/h5-6,8,12,16-17H,2-4,7,9H2,1H3,(H,18,19). The summed E-state index contributed by atoms with van der Waals surface area (Å²) in [7, 11) is 0. The zero-order chi connectivity index (χ0) is 13.7. The van der Waals surface area contributed by atoms with E-state index in [4.69, 9.17) is 0 Å². The average molecular weight is 265 g/mol. The van der Waals surface area contributed by atoms with Gasteiger partial charge < -0.3 is 16.0 Å². The van der Waals surface area contributed by atoms with Gasteiger partial charge >= 0.3 is 0 Å². The number of anilines is 2. The van der Waals surface area contributed by atoms with Crippen LogP contribution in [0.4, 0.5) is 15.8 Å². The van der Waals surface area contributed by atoms with E-state index in [2.05, 4.69) is 16.0 Å². The van der Waals surface area contributed by atoms with Crippen molar-refractivity contribution in [1.29, 1.82) is 0 Å². The third-order valence-electron chi connectivity index (χ3n) is 3.24. The Hall–Kier alpha value is -1.62. The molecule has 0 saturated carbocycles. The lowest BCUT2D eigenvalue weighted by Gasteiger charge is -2.24. The van der Waals surface area contributed by atoms with Crippen molar-refractivity contribution in [2.24, 2.45) is 0 Å². The molecule has 0 aliphatic carbocycles. The molecule has 2 rings (SSSR count). The number of piperidine rings is 1. The molecule has 0 spiro atoms. The van der Waals surface area contributed by atoms with E-state index in [1.165, 1.54) is 25.8 Å². The fourth-order valence-corrected chi connectivity index (χ4v) is 2.27. The van der Waals surface area contributed by atoms with Gasteiger partial charge in [0.15, 0.2) is 0 Å². The van der Waals surface area contributed by atoms with Crippen LogP contribution in [-0.4, -0.2) is 25.0 Å². The largest absolute Gasteiger partial charge is 0.381 e. The van der Waals surface area contributed by atoms with E-state index in [0.29, 0.717) is 24.0 Å². The van der Waals surface area contributed by atoms with Crippen LogP contribution in [-0.2, 0) is 4.79 Å². The third-order valence-corrected chi connectivity index (χ3v) is 3.24. The van der Waals surface area contributed by atoms with Crippen LogP contribution in [0.5, 0.6) is 0 Å². The molecule has 1 saturated heterocycles. The smallest absolute Gasteiger partial charge is 0.221 e. The maximum absolute atomic E-state index is 13.7. The Morgan fingerprint density at radius 2 is 2.32 bits per heavy atom. The molecule has 1 atom stereocenters. The van der Waals surface area contributed by atoms with Gasteiger partial charge in [-0.15, -0.1) is 0 Å². The molecule has 104 valence electrons. The molecule has 1 amide bonds. The number of nitrogens with one attached hydrogen (secondary N) is 3. The number of carbonyl (C=O) groups excluding carboxylic acids is 1. The molecule has 0 radical (unpaired) electrons. The van der Waals surface area contributed by atoms with E-state index in [9.17, 15) is 9.18 Å². The number of hydrogen-bond donors (Lipinski definition) is 3. The van der Waals surface area contributed by atoms with Gasteiger partial charge in [0.05, 0.1) is 5.69 Å². The molecule has 1 unspecified atom stereocenters. The van der Waals surface area contributed by atoms with Crippen molar-refractivity contribution in [2.45, 2.75) is 32.2 Å². The van der Waals surface area contributed by atoms with Crippen LogP contribution < -0.4 is 16.0 Å². The van der Waals surface area contributed by atoms with Crippen LogP contribution in [0, 0.1) is 5.82 Å². The lowest BCUT2D eigenvalue weighted by Crippen LogP contribution is -2.39. The van der Waals surface area contributed by atoms with Crippen LogP contribution in [0.15, 0.2) is 18.2 Å². The van der Waals surface area contributed by atoms with Crippen molar-refractivity contribution >= 4 is 17.3 Å². The third kappa shape index (κ3) is 4.21. The van der Waals surface area contributed by atoms with E-state index in [-0.39, 0.29) is 11.7 Å². The highest BCUT2D eigenvalue weighted by atomic mass is 19.1. The molecule has 1 aliphatic heterocycles. The van der Waals surface area contributed by atoms with E-state index in [1.54, 1.807) is 12.1 Å². The lowest BCUT2D eigenvalue weighted by molar-refractivity contribution is -0.114. The summed E-state index contributed by atoms with van der Waals surface area (Å²) in [6.07, 6.45) is 3.54. The fraction of sp³-hybridized carbons (Fsp3) is 0.500. The zero-order valence-electron chi connectivity index (χ0n) is 11.1. The number of hydrogen-bond acceptors (Lipinski definition) is 3. The molecule has 4 nitrogen and oxygen atoms in total. The van der Waals surface area contributed by atoms with Crippen LogP contribution >= 0.6 is 0 Å². The van der Waals surface area contributed by atoms with Gasteiger partial charge in [-0.3, -0.25) is 4.79 Å². The van der Waals surface area contributed by atoms with E-state index in [1.807, 2.05) is 0 Å². The van der Waals surface area contributed by atoms with Gasteiger partial charge in [0.1, 0.15) is 5.82 Å². The highest BCUT2D eigenvalue weighted by Gasteiger charge is 2.13. The number of amides is 1. The van der Waals surface area contributed by atoms with Crippen LogP contribution in [0.3, 0.4) is 0 Å². The van der Waals surface area contributed by atoms with Gasteiger partial charge in [0, 0.05) is 25.2 Å². The molecule has 19 heavy (non-hydrogen) atoms. The summed E-state index contributed by atoms with van der Waals surface area (Å²) in [5.74, 6) is -0.462. The Morgan fingerprint density at radius 1 is 1.47 bits per heavy atom. The molecule has 3 N–H and O–H groups in total. The molecule has 1 aliphatic rings. The molecule has 1 aromatic carbocycles. The first-order valence-corrected chi connectivity index (χ1v) is 6.69. The van der Waals surface area contributed by atoms with Crippen LogP contribution in [0.25, 0.3) is 0 Å². The molecular formula is C14H20FN3O. The molecule has 0 aromatic heterocycles. The summed E-state index contributed by atoms with van der Waals surface area (Å²) in [6.45, 7) is 3.16. The van der Waals surface area contributed by atoms with Crippen molar-refractivity contribution in [3.8, 4) is 0 Å². The summed E-state index contributed by atoms with van der Waals surface area (Å²) in [6, 6.07) is 4.93. The summed E-state index contributed by atoms with van der Waals surface area (Å²) in [4.78, 5) is 11.0. The molecule has 1 heterocycles. The summed E-state index contributed by atoms with van der Waals surface area (Å²) < 4.78 is 13.7. The summed E-state index contributed by atoms with van der Waals surface area (Å²) in [5.41, 5.74) is 1.03. The quantitative estimate of drug-likeness (QED) is 0.783. The Morgan fingerprint density at radius 3 is 3.00 bits per heavy atom. The summed E-state index contributed by atoms with van der Waals surface area (Å²) >= 11 is 0. The van der Waals surface area contributed by atoms with Gasteiger partial charge in [0.2, 0.25) is 5.91 Å². The second-order valence-electron chi connectivity index (χ2n) is 4.90. The average Bonchev–Trinajstić information content (AvgIpc) is 2.40. The maximum atomic E-state index is 13.7. The van der Waals surface area contributed by atoms with E-state index >= 15 is 0 Å². The topological polar surface area (TPSA) is 53.2 Å². The first-order valence-electron chi connectivity index (χ1n) is 6.69. The Bertz CT molecular complexity index is 444. The molecule has 0 bridgehead atoms. The minimum atomic E-state index is -0.301. The number of benzene rings is 1. The van der Waals surface area contributed by atoms with Crippen LogP contribution in [0.2, 0.25) is 0 Å². The number of halogens is 1. The highest BCUT2D eigenvalue weighted by molar-refractivity contribution is 5.89.